The summed E-state index contributed by atoms with van der Waals surface area (Å²) in [4.78, 5) is -0.121. The maximum atomic E-state index is 11.4. The topological polar surface area (TPSA) is 98.2 Å². The smallest absolute Gasteiger partial charge is 0.240 e. The van der Waals surface area contributed by atoms with E-state index < -0.39 is 10.0 Å². The second-order valence-electron chi connectivity index (χ2n) is 3.87. The zero-order valence-electron chi connectivity index (χ0n) is 9.80. The summed E-state index contributed by atoms with van der Waals surface area (Å²) in [5.41, 5.74) is 6.92. The molecule has 2 aromatic carbocycles. The van der Waals surface area contributed by atoms with Crippen LogP contribution in [-0.4, -0.2) is 8.42 Å². The monoisotopic (exact) mass is 297 g/mol. The van der Waals surface area contributed by atoms with Gasteiger partial charge in [0, 0.05) is 0 Å². The molecule has 0 heterocycles. The van der Waals surface area contributed by atoms with Crippen molar-refractivity contribution in [2.75, 3.05) is 11.1 Å². The van der Waals surface area contributed by atoms with E-state index in [1.54, 1.807) is 36.4 Å². The zero-order valence-corrected chi connectivity index (χ0v) is 11.4. The molecule has 5 N–H and O–H groups in total. The molecule has 19 heavy (non-hydrogen) atoms. The van der Waals surface area contributed by atoms with Crippen LogP contribution in [0.2, 0.25) is 5.02 Å². The van der Waals surface area contributed by atoms with Crippen molar-refractivity contribution in [3.8, 4) is 0 Å². The minimum atomic E-state index is -3.86. The summed E-state index contributed by atoms with van der Waals surface area (Å²) >= 11 is 6.01. The van der Waals surface area contributed by atoms with Crippen molar-refractivity contribution in [1.82, 2.24) is 0 Å². The first-order chi connectivity index (χ1) is 8.89. The van der Waals surface area contributed by atoms with E-state index in [9.17, 15) is 8.42 Å². The van der Waals surface area contributed by atoms with Crippen molar-refractivity contribution in [2.24, 2.45) is 5.14 Å². The van der Waals surface area contributed by atoms with Crippen LogP contribution in [0.5, 0.6) is 0 Å². The molecular formula is C12H12ClN3O2S. The van der Waals surface area contributed by atoms with Crippen molar-refractivity contribution < 1.29 is 8.42 Å². The van der Waals surface area contributed by atoms with Gasteiger partial charge >= 0.3 is 0 Å². The lowest BCUT2D eigenvalue weighted by Gasteiger charge is -2.12. The molecule has 0 aromatic heterocycles. The molecule has 0 aliphatic carbocycles. The molecule has 0 aliphatic heterocycles. The summed E-state index contributed by atoms with van der Waals surface area (Å²) in [7, 11) is -3.86. The Morgan fingerprint density at radius 2 is 1.63 bits per heavy atom. The van der Waals surface area contributed by atoms with Gasteiger partial charge in [0.15, 0.2) is 0 Å². The molecular weight excluding hydrogens is 286 g/mol. The second kappa shape index (κ2) is 5.08. The number of halogens is 1. The maximum Gasteiger partial charge on any atom is 0.240 e. The molecule has 0 aliphatic rings. The molecule has 0 saturated heterocycles. The predicted octanol–water partition coefficient (Wildman–Crippen LogP) is 2.31. The van der Waals surface area contributed by atoms with Gasteiger partial charge in [0.25, 0.3) is 0 Å². The molecule has 0 bridgehead atoms. The first-order valence-electron chi connectivity index (χ1n) is 5.32. The number of primary sulfonamides is 1. The molecule has 5 nitrogen and oxygen atoms in total. The average molecular weight is 298 g/mol. The maximum absolute atomic E-state index is 11.4. The molecule has 0 unspecified atom stereocenters. The highest BCUT2D eigenvalue weighted by molar-refractivity contribution is 7.89. The third-order valence-electron chi connectivity index (χ3n) is 2.52. The Labute approximate surface area is 116 Å². The van der Waals surface area contributed by atoms with Crippen LogP contribution in [0, 0.1) is 0 Å². The standard InChI is InChI=1S/C12H12ClN3O2S/c13-8-4-1-2-5-9(8)16-10-6-3-7-11(12(10)14)19(15,17)18/h1-7,16H,14H2,(H2,15,17,18). The Bertz CT molecular complexity index is 717. The molecule has 2 rings (SSSR count). The molecule has 100 valence electrons. The number of benzene rings is 2. The summed E-state index contributed by atoms with van der Waals surface area (Å²) < 4.78 is 22.7. The Morgan fingerprint density at radius 3 is 2.26 bits per heavy atom. The van der Waals surface area contributed by atoms with Gasteiger partial charge in [-0.05, 0) is 24.3 Å². The quantitative estimate of drug-likeness (QED) is 0.757. The van der Waals surface area contributed by atoms with Crippen molar-refractivity contribution in [1.29, 1.82) is 0 Å². The minimum absolute atomic E-state index is 0.0601. The summed E-state index contributed by atoms with van der Waals surface area (Å²) in [5.74, 6) is 0. The summed E-state index contributed by atoms with van der Waals surface area (Å²) in [6, 6.07) is 11.6. The number of nitrogen functional groups attached to an aromatic ring is 1. The highest BCUT2D eigenvalue weighted by Crippen LogP contribution is 2.31. The third-order valence-corrected chi connectivity index (χ3v) is 3.81. The Morgan fingerprint density at radius 1 is 1.00 bits per heavy atom. The predicted molar refractivity (Wildman–Crippen MR) is 77.0 cm³/mol. The highest BCUT2D eigenvalue weighted by Gasteiger charge is 2.15. The Kier molecular flexibility index (Phi) is 3.66. The van der Waals surface area contributed by atoms with Crippen LogP contribution >= 0.6 is 11.6 Å². The van der Waals surface area contributed by atoms with E-state index in [0.717, 1.165) is 0 Å². The number of rotatable bonds is 3. The highest BCUT2D eigenvalue weighted by atomic mass is 35.5. The normalized spacial score (nSPS) is 11.3. The van der Waals surface area contributed by atoms with E-state index in [1.165, 1.54) is 6.07 Å². The third kappa shape index (κ3) is 2.98. The number of hydrogen-bond acceptors (Lipinski definition) is 4. The van der Waals surface area contributed by atoms with Gasteiger partial charge in [0.2, 0.25) is 10.0 Å². The molecule has 0 spiro atoms. The molecule has 0 atom stereocenters. The average Bonchev–Trinajstić information content (AvgIpc) is 2.33. The second-order valence-corrected chi connectivity index (χ2v) is 5.80. The van der Waals surface area contributed by atoms with E-state index in [1.807, 2.05) is 0 Å². The minimum Gasteiger partial charge on any atom is -0.396 e. The van der Waals surface area contributed by atoms with E-state index >= 15 is 0 Å². The van der Waals surface area contributed by atoms with Crippen LogP contribution in [0.1, 0.15) is 0 Å². The van der Waals surface area contributed by atoms with Crippen LogP contribution in [0.3, 0.4) is 0 Å². The van der Waals surface area contributed by atoms with Gasteiger partial charge in [0.1, 0.15) is 4.90 Å². The molecule has 2 aromatic rings. The van der Waals surface area contributed by atoms with Crippen molar-refractivity contribution >= 4 is 38.7 Å². The molecule has 0 fully saturated rings. The van der Waals surface area contributed by atoms with Crippen molar-refractivity contribution in [3.05, 3.63) is 47.5 Å². The van der Waals surface area contributed by atoms with Crippen molar-refractivity contribution in [3.63, 3.8) is 0 Å². The number of nitrogens with one attached hydrogen (secondary N) is 1. The molecule has 7 heteroatoms. The fraction of sp³-hybridized carbons (Fsp3) is 0. The van der Waals surface area contributed by atoms with Gasteiger partial charge in [-0.25, -0.2) is 13.6 Å². The first-order valence-corrected chi connectivity index (χ1v) is 7.25. The van der Waals surface area contributed by atoms with Gasteiger partial charge in [-0.15, -0.1) is 0 Å². The summed E-state index contributed by atoms with van der Waals surface area (Å²) in [6.45, 7) is 0. The fourth-order valence-corrected chi connectivity index (χ4v) is 2.48. The van der Waals surface area contributed by atoms with E-state index in [0.29, 0.717) is 16.4 Å². The van der Waals surface area contributed by atoms with Crippen LogP contribution < -0.4 is 16.2 Å². The molecule has 0 radical (unpaired) electrons. The van der Waals surface area contributed by atoms with Crippen molar-refractivity contribution in [2.45, 2.75) is 4.90 Å². The molecule has 0 saturated carbocycles. The molecule has 0 amide bonds. The van der Waals surface area contributed by atoms with Crippen LogP contribution in [0.25, 0.3) is 0 Å². The first kappa shape index (κ1) is 13.7. The lowest BCUT2D eigenvalue weighted by atomic mass is 10.2. The SMILES string of the molecule is Nc1c(Nc2ccccc2Cl)cccc1S(N)(=O)=O. The van der Waals surface area contributed by atoms with Gasteiger partial charge in [-0.1, -0.05) is 29.8 Å². The van der Waals surface area contributed by atoms with E-state index in [-0.39, 0.29) is 10.6 Å². The Balaban J connectivity index is 2.46. The fourth-order valence-electron chi connectivity index (χ4n) is 1.61. The number of hydrogen-bond donors (Lipinski definition) is 3. The lowest BCUT2D eigenvalue weighted by molar-refractivity contribution is 0.598. The summed E-state index contributed by atoms with van der Waals surface area (Å²) in [5, 5.41) is 8.57. The van der Waals surface area contributed by atoms with Crippen LogP contribution in [-0.2, 0) is 10.0 Å². The van der Waals surface area contributed by atoms with Gasteiger partial charge < -0.3 is 11.1 Å². The zero-order chi connectivity index (χ0) is 14.0. The van der Waals surface area contributed by atoms with E-state index in [2.05, 4.69) is 5.32 Å². The van der Waals surface area contributed by atoms with Gasteiger partial charge in [-0.2, -0.15) is 0 Å². The Hall–Kier alpha value is -1.76. The number of sulfonamides is 1. The van der Waals surface area contributed by atoms with Gasteiger partial charge in [-0.3, -0.25) is 0 Å². The van der Waals surface area contributed by atoms with Crippen LogP contribution in [0.4, 0.5) is 17.1 Å². The number of nitrogens with two attached hydrogens (primary N) is 2. The largest absolute Gasteiger partial charge is 0.396 e. The number of para-hydroxylation sites is 2. The van der Waals surface area contributed by atoms with Crippen LogP contribution in [0.15, 0.2) is 47.4 Å². The summed E-state index contributed by atoms with van der Waals surface area (Å²) in [6.07, 6.45) is 0. The van der Waals surface area contributed by atoms with Gasteiger partial charge in [0.05, 0.1) is 22.1 Å². The number of anilines is 3. The lowest BCUT2D eigenvalue weighted by Crippen LogP contribution is -2.15. The van der Waals surface area contributed by atoms with E-state index in [4.69, 9.17) is 22.5 Å².